The molecule has 3 aromatic heterocycles. The van der Waals surface area contributed by atoms with Crippen molar-refractivity contribution < 1.29 is 35.9 Å². The average molecular weight is 510 g/mol. The molecular weight excluding hydrogens is 490 g/mol. The van der Waals surface area contributed by atoms with E-state index < -0.39 is 29.0 Å². The third-order valence-corrected chi connectivity index (χ3v) is 6.37. The van der Waals surface area contributed by atoms with Crippen LogP contribution in [0.2, 0.25) is 0 Å². The number of pyridine rings is 1. The zero-order valence-electron chi connectivity index (χ0n) is 18.6. The number of halogens is 6. The molecule has 0 radical (unpaired) electrons. The highest BCUT2D eigenvalue weighted by Gasteiger charge is 2.37. The van der Waals surface area contributed by atoms with E-state index in [4.69, 9.17) is 10.2 Å². The van der Waals surface area contributed by atoms with Crippen LogP contribution in [-0.2, 0) is 12.4 Å². The molecule has 4 aromatic rings. The van der Waals surface area contributed by atoms with Crippen molar-refractivity contribution in [3.8, 4) is 22.6 Å². The minimum Gasteiger partial charge on any atom is -0.454 e. The van der Waals surface area contributed by atoms with Gasteiger partial charge in [0, 0.05) is 22.7 Å². The third kappa shape index (κ3) is 4.52. The quantitative estimate of drug-likeness (QED) is 0.309. The number of fused-ring (bicyclic) bond motifs is 1. The molecule has 5 rings (SSSR count). The lowest BCUT2D eigenvalue weighted by Crippen LogP contribution is -2.21. The Labute approximate surface area is 200 Å². The van der Waals surface area contributed by atoms with Gasteiger partial charge in [0.1, 0.15) is 5.76 Å². The highest BCUT2D eigenvalue weighted by molar-refractivity contribution is 5.99. The Balaban J connectivity index is 1.59. The maximum atomic E-state index is 13.3. The highest BCUT2D eigenvalue weighted by atomic mass is 19.4. The van der Waals surface area contributed by atoms with E-state index in [2.05, 4.69) is 10.1 Å². The molecule has 0 unspecified atom stereocenters. The van der Waals surface area contributed by atoms with Crippen LogP contribution in [0.3, 0.4) is 0 Å². The van der Waals surface area contributed by atoms with Gasteiger partial charge in [0.25, 0.3) is 0 Å². The smallest absolute Gasteiger partial charge is 0.416 e. The lowest BCUT2D eigenvalue weighted by molar-refractivity contribution is -0.143. The molecule has 0 bridgehead atoms. The molecule has 1 fully saturated rings. The molecule has 1 aromatic carbocycles. The van der Waals surface area contributed by atoms with Crippen LogP contribution in [0.4, 0.5) is 32.0 Å². The molecule has 1 saturated carbocycles. The summed E-state index contributed by atoms with van der Waals surface area (Å²) >= 11 is 0. The van der Waals surface area contributed by atoms with Gasteiger partial charge >= 0.3 is 12.4 Å². The van der Waals surface area contributed by atoms with Gasteiger partial charge in [-0.05, 0) is 49.9 Å². The maximum absolute atomic E-state index is 13.3. The Morgan fingerprint density at radius 2 is 1.53 bits per heavy atom. The summed E-state index contributed by atoms with van der Waals surface area (Å²) in [7, 11) is 0. The standard InChI is InChI=1S/C24H20F6N4O2/c25-23(26,27)14-5-12(6-15(7-14)24(28,29)30)20-8-18-21(32-10-19(31)22(18)36-20)13-9-33-34(11-13)16-1-3-17(35)4-2-16/h5-11,16-17,35H,1-4,31H2/t16-,17-. The first-order chi connectivity index (χ1) is 16.9. The van der Waals surface area contributed by atoms with E-state index in [1.807, 2.05) is 0 Å². The van der Waals surface area contributed by atoms with Gasteiger partial charge in [-0.2, -0.15) is 31.4 Å². The molecule has 6 nitrogen and oxygen atoms in total. The molecule has 36 heavy (non-hydrogen) atoms. The van der Waals surface area contributed by atoms with E-state index in [1.165, 1.54) is 12.3 Å². The monoisotopic (exact) mass is 510 g/mol. The minimum absolute atomic E-state index is 0.0617. The van der Waals surface area contributed by atoms with Gasteiger partial charge in [-0.1, -0.05) is 0 Å². The Kier molecular flexibility index (Phi) is 5.73. The third-order valence-electron chi connectivity index (χ3n) is 6.37. The van der Waals surface area contributed by atoms with Gasteiger partial charge in [0.15, 0.2) is 5.58 Å². The molecule has 0 amide bonds. The van der Waals surface area contributed by atoms with Crippen molar-refractivity contribution in [1.29, 1.82) is 0 Å². The number of nitrogens with two attached hydrogens (primary N) is 1. The first kappa shape index (κ1) is 24.2. The number of benzene rings is 1. The van der Waals surface area contributed by atoms with Gasteiger partial charge in [0.05, 0.1) is 47.0 Å². The number of hydrogen-bond donors (Lipinski definition) is 2. The van der Waals surface area contributed by atoms with Crippen LogP contribution in [0, 0.1) is 0 Å². The van der Waals surface area contributed by atoms with Crippen molar-refractivity contribution in [2.45, 2.75) is 50.2 Å². The zero-order chi connectivity index (χ0) is 25.8. The number of aliphatic hydroxyl groups is 1. The largest absolute Gasteiger partial charge is 0.454 e. The number of rotatable bonds is 3. The van der Waals surface area contributed by atoms with Crippen LogP contribution >= 0.6 is 0 Å². The Morgan fingerprint density at radius 3 is 2.14 bits per heavy atom. The molecule has 0 atom stereocenters. The summed E-state index contributed by atoms with van der Waals surface area (Å²) in [5.74, 6) is -0.212. The summed E-state index contributed by atoms with van der Waals surface area (Å²) in [5.41, 5.74) is 3.81. The zero-order valence-corrected chi connectivity index (χ0v) is 18.6. The molecule has 190 valence electrons. The number of aromatic nitrogens is 3. The van der Waals surface area contributed by atoms with Crippen molar-refractivity contribution >= 4 is 16.7 Å². The molecule has 1 aliphatic rings. The second-order valence-corrected chi connectivity index (χ2v) is 8.88. The fraction of sp³-hybridized carbons (Fsp3) is 0.333. The lowest BCUT2D eigenvalue weighted by Gasteiger charge is -2.25. The molecule has 0 saturated heterocycles. The first-order valence-electron chi connectivity index (χ1n) is 11.1. The van der Waals surface area contributed by atoms with E-state index in [9.17, 15) is 31.4 Å². The van der Waals surface area contributed by atoms with Gasteiger partial charge in [-0.15, -0.1) is 0 Å². The number of aliphatic hydroxyl groups excluding tert-OH is 1. The number of hydrogen-bond acceptors (Lipinski definition) is 5. The molecule has 0 spiro atoms. The fourth-order valence-corrected chi connectivity index (χ4v) is 4.50. The van der Waals surface area contributed by atoms with E-state index >= 15 is 0 Å². The molecule has 1 aliphatic carbocycles. The van der Waals surface area contributed by atoms with E-state index in [1.54, 1.807) is 17.1 Å². The first-order valence-corrected chi connectivity index (χ1v) is 11.1. The number of furan rings is 1. The van der Waals surface area contributed by atoms with Crippen LogP contribution in [0.5, 0.6) is 0 Å². The molecule has 12 heteroatoms. The predicted octanol–water partition coefficient (Wildman–Crippen LogP) is 6.45. The van der Waals surface area contributed by atoms with Crippen molar-refractivity contribution in [2.24, 2.45) is 0 Å². The highest BCUT2D eigenvalue weighted by Crippen LogP contribution is 2.41. The van der Waals surface area contributed by atoms with Gasteiger partial charge in [0.2, 0.25) is 0 Å². The van der Waals surface area contributed by atoms with Crippen LogP contribution < -0.4 is 5.73 Å². The molecular formula is C24H20F6N4O2. The Hall–Kier alpha value is -3.54. The number of anilines is 1. The van der Waals surface area contributed by atoms with Crippen LogP contribution in [-0.4, -0.2) is 26.0 Å². The summed E-state index contributed by atoms with van der Waals surface area (Å²) in [5, 5.41) is 14.5. The van der Waals surface area contributed by atoms with Gasteiger partial charge in [-0.3, -0.25) is 9.67 Å². The predicted molar refractivity (Wildman–Crippen MR) is 119 cm³/mol. The van der Waals surface area contributed by atoms with Crippen LogP contribution in [0.1, 0.15) is 42.9 Å². The Bertz CT molecular complexity index is 1380. The van der Waals surface area contributed by atoms with E-state index in [0.717, 1.165) is 12.8 Å². The summed E-state index contributed by atoms with van der Waals surface area (Å²) in [4.78, 5) is 4.33. The normalized spacial score (nSPS) is 19.2. The summed E-state index contributed by atoms with van der Waals surface area (Å²) < 4.78 is 87.4. The molecule has 0 aliphatic heterocycles. The summed E-state index contributed by atoms with van der Waals surface area (Å²) in [6.07, 6.45) is -2.84. The fourth-order valence-electron chi connectivity index (χ4n) is 4.50. The van der Waals surface area contributed by atoms with Crippen molar-refractivity contribution in [2.75, 3.05) is 5.73 Å². The van der Waals surface area contributed by atoms with Crippen LogP contribution in [0.15, 0.2) is 47.3 Å². The van der Waals surface area contributed by atoms with Crippen molar-refractivity contribution in [1.82, 2.24) is 14.8 Å². The minimum atomic E-state index is -4.99. The Morgan fingerprint density at radius 1 is 0.889 bits per heavy atom. The summed E-state index contributed by atoms with van der Waals surface area (Å²) in [6.45, 7) is 0. The van der Waals surface area contributed by atoms with Crippen LogP contribution in [0.25, 0.3) is 33.6 Å². The van der Waals surface area contributed by atoms with Crippen molar-refractivity contribution in [3.05, 3.63) is 54.0 Å². The second kappa shape index (κ2) is 8.54. The number of alkyl halides is 6. The maximum Gasteiger partial charge on any atom is 0.416 e. The van der Waals surface area contributed by atoms with Gasteiger partial charge < -0.3 is 15.3 Å². The topological polar surface area (TPSA) is 90.1 Å². The lowest BCUT2D eigenvalue weighted by atomic mass is 9.93. The SMILES string of the molecule is Nc1cnc(-c2cnn([C@H]3CC[C@H](O)CC3)c2)c2cc(-c3cc(C(F)(F)F)cc(C(F)(F)F)c3)oc12. The van der Waals surface area contributed by atoms with Crippen molar-refractivity contribution in [3.63, 3.8) is 0 Å². The summed E-state index contributed by atoms with van der Waals surface area (Å²) in [6, 6.07) is 2.69. The molecule has 3 heterocycles. The van der Waals surface area contributed by atoms with Gasteiger partial charge in [-0.25, -0.2) is 0 Å². The van der Waals surface area contributed by atoms with E-state index in [-0.39, 0.29) is 35.2 Å². The second-order valence-electron chi connectivity index (χ2n) is 8.88. The number of nitrogen functional groups attached to an aromatic ring is 1. The number of nitrogens with zero attached hydrogens (tertiary/aromatic N) is 3. The molecule has 3 N–H and O–H groups in total. The van der Waals surface area contributed by atoms with E-state index in [0.29, 0.717) is 41.6 Å². The average Bonchev–Trinajstić information content (AvgIpc) is 3.47.